The second-order valence-electron chi connectivity index (χ2n) is 4.93. The van der Waals surface area contributed by atoms with Crippen molar-refractivity contribution in [3.05, 3.63) is 58.7 Å². The van der Waals surface area contributed by atoms with Crippen LogP contribution in [0.5, 0.6) is 5.75 Å². The van der Waals surface area contributed by atoms with Crippen molar-refractivity contribution >= 4 is 11.7 Å². The van der Waals surface area contributed by atoms with Crippen molar-refractivity contribution in [1.29, 1.82) is 0 Å². The second kappa shape index (κ2) is 6.31. The Morgan fingerprint density at radius 2 is 2.00 bits per heavy atom. The summed E-state index contributed by atoms with van der Waals surface area (Å²) in [7, 11) is 1.57. The van der Waals surface area contributed by atoms with Gasteiger partial charge in [0.15, 0.2) is 0 Å². The Morgan fingerprint density at radius 3 is 2.67 bits per heavy atom. The SMILES string of the molecule is COc1ccc(C(=O)O)cc1NCc1cccc(C)c1C. The van der Waals surface area contributed by atoms with Gasteiger partial charge in [0.25, 0.3) is 0 Å². The Bertz CT molecular complexity index is 665. The molecule has 0 aliphatic heterocycles. The van der Waals surface area contributed by atoms with Crippen LogP contribution in [-0.2, 0) is 6.54 Å². The first-order valence-corrected chi connectivity index (χ1v) is 6.73. The van der Waals surface area contributed by atoms with E-state index in [0.717, 1.165) is 0 Å². The highest BCUT2D eigenvalue weighted by atomic mass is 16.5. The molecule has 0 radical (unpaired) electrons. The van der Waals surface area contributed by atoms with E-state index in [2.05, 4.69) is 31.3 Å². The topological polar surface area (TPSA) is 58.6 Å². The lowest BCUT2D eigenvalue weighted by molar-refractivity contribution is 0.0697. The quantitative estimate of drug-likeness (QED) is 0.881. The third-order valence-electron chi connectivity index (χ3n) is 3.63. The highest BCUT2D eigenvalue weighted by Gasteiger charge is 2.09. The Kier molecular flexibility index (Phi) is 4.48. The van der Waals surface area contributed by atoms with Gasteiger partial charge < -0.3 is 15.2 Å². The lowest BCUT2D eigenvalue weighted by Gasteiger charge is -2.14. The summed E-state index contributed by atoms with van der Waals surface area (Å²) in [6.45, 7) is 4.77. The summed E-state index contributed by atoms with van der Waals surface area (Å²) in [5.74, 6) is -0.322. The third-order valence-corrected chi connectivity index (χ3v) is 3.63. The normalized spacial score (nSPS) is 10.2. The third kappa shape index (κ3) is 3.34. The van der Waals surface area contributed by atoms with E-state index < -0.39 is 5.97 Å². The van der Waals surface area contributed by atoms with Crippen molar-refractivity contribution in [2.45, 2.75) is 20.4 Å². The van der Waals surface area contributed by atoms with Gasteiger partial charge in [0.2, 0.25) is 0 Å². The predicted molar refractivity (Wildman–Crippen MR) is 83.2 cm³/mol. The number of rotatable bonds is 5. The number of methoxy groups -OCH3 is 1. The van der Waals surface area contributed by atoms with E-state index >= 15 is 0 Å². The van der Waals surface area contributed by atoms with Gasteiger partial charge in [0, 0.05) is 6.54 Å². The van der Waals surface area contributed by atoms with E-state index in [4.69, 9.17) is 9.84 Å². The summed E-state index contributed by atoms with van der Waals surface area (Å²) in [4.78, 5) is 11.1. The van der Waals surface area contributed by atoms with Crippen LogP contribution in [-0.4, -0.2) is 18.2 Å². The molecule has 21 heavy (non-hydrogen) atoms. The molecule has 0 fully saturated rings. The van der Waals surface area contributed by atoms with E-state index in [1.807, 2.05) is 6.07 Å². The van der Waals surface area contributed by atoms with Gasteiger partial charge in [-0.05, 0) is 48.7 Å². The highest BCUT2D eigenvalue weighted by Crippen LogP contribution is 2.26. The Labute approximate surface area is 124 Å². The van der Waals surface area contributed by atoms with Crippen LogP contribution in [0.3, 0.4) is 0 Å². The molecular formula is C17H19NO3. The van der Waals surface area contributed by atoms with Crippen LogP contribution in [0.4, 0.5) is 5.69 Å². The molecule has 0 spiro atoms. The number of aromatic carboxylic acids is 1. The molecule has 0 unspecified atom stereocenters. The zero-order chi connectivity index (χ0) is 15.4. The van der Waals surface area contributed by atoms with Crippen molar-refractivity contribution in [2.24, 2.45) is 0 Å². The van der Waals surface area contributed by atoms with Crippen LogP contribution in [0.1, 0.15) is 27.0 Å². The fraction of sp³-hybridized carbons (Fsp3) is 0.235. The molecule has 0 aromatic heterocycles. The number of carboxylic acids is 1. The number of anilines is 1. The van der Waals surface area contributed by atoms with Crippen LogP contribution in [0.15, 0.2) is 36.4 Å². The molecule has 0 atom stereocenters. The summed E-state index contributed by atoms with van der Waals surface area (Å²) < 4.78 is 5.27. The number of carboxylic acid groups (broad SMARTS) is 1. The van der Waals surface area contributed by atoms with Crippen LogP contribution < -0.4 is 10.1 Å². The first-order valence-electron chi connectivity index (χ1n) is 6.73. The zero-order valence-electron chi connectivity index (χ0n) is 12.4. The van der Waals surface area contributed by atoms with E-state index in [-0.39, 0.29) is 5.56 Å². The average Bonchev–Trinajstić information content (AvgIpc) is 2.48. The van der Waals surface area contributed by atoms with E-state index in [1.54, 1.807) is 19.2 Å². The molecule has 4 heteroatoms. The number of carbonyl (C=O) groups is 1. The standard InChI is InChI=1S/C17H19NO3/c1-11-5-4-6-14(12(11)2)10-18-15-9-13(17(19)20)7-8-16(15)21-3/h4-9,18H,10H2,1-3H3,(H,19,20). The van der Waals surface area contributed by atoms with Crippen LogP contribution in [0, 0.1) is 13.8 Å². The molecule has 2 N–H and O–H groups in total. The molecule has 0 saturated carbocycles. The minimum Gasteiger partial charge on any atom is -0.495 e. The Hall–Kier alpha value is -2.49. The lowest BCUT2D eigenvalue weighted by Crippen LogP contribution is -2.05. The van der Waals surface area contributed by atoms with Gasteiger partial charge in [0.1, 0.15) is 5.75 Å². The molecule has 0 saturated heterocycles. The maximum atomic E-state index is 11.1. The maximum Gasteiger partial charge on any atom is 0.335 e. The monoisotopic (exact) mass is 285 g/mol. The van der Waals surface area contributed by atoms with Crippen molar-refractivity contribution < 1.29 is 14.6 Å². The molecule has 0 amide bonds. The summed E-state index contributed by atoms with van der Waals surface area (Å²) in [6, 6.07) is 10.9. The largest absolute Gasteiger partial charge is 0.495 e. The maximum absolute atomic E-state index is 11.1. The minimum absolute atomic E-state index is 0.235. The number of aryl methyl sites for hydroxylation is 1. The molecule has 0 bridgehead atoms. The van der Waals surface area contributed by atoms with Crippen LogP contribution in [0.25, 0.3) is 0 Å². The number of nitrogens with one attached hydrogen (secondary N) is 1. The van der Waals surface area contributed by atoms with E-state index in [0.29, 0.717) is 18.0 Å². The smallest absolute Gasteiger partial charge is 0.335 e. The van der Waals surface area contributed by atoms with Gasteiger partial charge in [-0.25, -0.2) is 4.79 Å². The summed E-state index contributed by atoms with van der Waals surface area (Å²) in [5, 5.41) is 12.3. The molecular weight excluding hydrogens is 266 g/mol. The first kappa shape index (κ1) is 14.9. The zero-order valence-corrected chi connectivity index (χ0v) is 12.4. The summed E-state index contributed by atoms with van der Waals surface area (Å²) >= 11 is 0. The van der Waals surface area contributed by atoms with Crippen LogP contribution >= 0.6 is 0 Å². The molecule has 0 aliphatic rings. The number of benzene rings is 2. The summed E-state index contributed by atoms with van der Waals surface area (Å²) in [6.07, 6.45) is 0. The van der Waals surface area contributed by atoms with Gasteiger partial charge in [-0.3, -0.25) is 0 Å². The number of hydrogen-bond donors (Lipinski definition) is 2. The van der Waals surface area contributed by atoms with E-state index in [1.165, 1.54) is 22.8 Å². The fourth-order valence-corrected chi connectivity index (χ4v) is 2.17. The first-order chi connectivity index (χ1) is 10.0. The second-order valence-corrected chi connectivity index (χ2v) is 4.93. The Morgan fingerprint density at radius 1 is 1.24 bits per heavy atom. The van der Waals surface area contributed by atoms with E-state index in [9.17, 15) is 4.79 Å². The molecule has 0 heterocycles. The summed E-state index contributed by atoms with van der Waals surface area (Å²) in [5.41, 5.74) is 4.56. The van der Waals surface area contributed by atoms with Gasteiger partial charge in [-0.15, -0.1) is 0 Å². The highest BCUT2D eigenvalue weighted by molar-refractivity contribution is 5.89. The molecule has 2 rings (SSSR count). The van der Waals surface area contributed by atoms with Gasteiger partial charge in [0.05, 0.1) is 18.4 Å². The number of ether oxygens (including phenoxy) is 1. The molecule has 0 aliphatic carbocycles. The van der Waals surface area contributed by atoms with Crippen molar-refractivity contribution in [1.82, 2.24) is 0 Å². The Balaban J connectivity index is 2.24. The fourth-order valence-electron chi connectivity index (χ4n) is 2.17. The van der Waals surface area contributed by atoms with Crippen LogP contribution in [0.2, 0.25) is 0 Å². The molecule has 2 aromatic carbocycles. The van der Waals surface area contributed by atoms with Gasteiger partial charge in [-0.1, -0.05) is 18.2 Å². The van der Waals surface area contributed by atoms with Gasteiger partial charge in [-0.2, -0.15) is 0 Å². The minimum atomic E-state index is -0.951. The molecule has 4 nitrogen and oxygen atoms in total. The lowest BCUT2D eigenvalue weighted by atomic mass is 10.0. The van der Waals surface area contributed by atoms with Crippen molar-refractivity contribution in [3.63, 3.8) is 0 Å². The predicted octanol–water partition coefficient (Wildman–Crippen LogP) is 3.62. The number of hydrogen-bond acceptors (Lipinski definition) is 3. The van der Waals surface area contributed by atoms with Crippen molar-refractivity contribution in [2.75, 3.05) is 12.4 Å². The average molecular weight is 285 g/mol. The molecule has 110 valence electrons. The van der Waals surface area contributed by atoms with Gasteiger partial charge >= 0.3 is 5.97 Å². The molecule has 2 aromatic rings. The van der Waals surface area contributed by atoms with Crippen molar-refractivity contribution in [3.8, 4) is 5.75 Å².